The first-order valence-electron chi connectivity index (χ1n) is 14.5. The molecular weight excluding hydrogens is 512 g/mol. The van der Waals surface area contributed by atoms with E-state index in [1.54, 1.807) is 25.5 Å². The summed E-state index contributed by atoms with van der Waals surface area (Å²) in [5.41, 5.74) is 0.397. The summed E-state index contributed by atoms with van der Waals surface area (Å²) in [6.45, 7) is 14.2. The average molecular weight is 555 g/mol. The molecule has 3 saturated carbocycles. The van der Waals surface area contributed by atoms with Crippen molar-refractivity contribution in [2.24, 2.45) is 33.5 Å². The van der Waals surface area contributed by atoms with E-state index in [2.05, 4.69) is 13.8 Å². The van der Waals surface area contributed by atoms with Gasteiger partial charge in [-0.15, -0.1) is 0 Å². The molecule has 218 valence electrons. The van der Waals surface area contributed by atoms with E-state index in [0.717, 1.165) is 23.1 Å². The van der Waals surface area contributed by atoms with Crippen molar-refractivity contribution in [3.8, 4) is 0 Å². The molecule has 1 aromatic heterocycles. The van der Waals surface area contributed by atoms with Crippen LogP contribution in [0.15, 0.2) is 45.8 Å². The molecule has 5 aliphatic rings. The number of hydrogen-bond acceptors (Lipinski definition) is 8. The molecule has 1 aromatic rings. The molecule has 4 fully saturated rings. The van der Waals surface area contributed by atoms with E-state index in [9.17, 15) is 19.8 Å². The van der Waals surface area contributed by atoms with Crippen molar-refractivity contribution in [2.75, 3.05) is 6.61 Å². The van der Waals surface area contributed by atoms with E-state index in [4.69, 9.17) is 18.6 Å². The average Bonchev–Trinajstić information content (AvgIpc) is 3.55. The van der Waals surface area contributed by atoms with Crippen LogP contribution in [0.4, 0.5) is 0 Å². The second-order valence-corrected chi connectivity index (χ2v) is 14.1. The number of carbonyl (C=O) groups excluding carboxylic acids is 2. The second kappa shape index (κ2) is 8.79. The molecule has 1 saturated heterocycles. The van der Waals surface area contributed by atoms with Crippen molar-refractivity contribution in [1.82, 2.24) is 0 Å². The fraction of sp³-hybridized carbons (Fsp3) is 0.688. The van der Waals surface area contributed by atoms with Crippen LogP contribution in [0.2, 0.25) is 0 Å². The summed E-state index contributed by atoms with van der Waals surface area (Å²) in [6.07, 6.45) is 3.07. The van der Waals surface area contributed by atoms with Crippen molar-refractivity contribution in [2.45, 2.75) is 98.2 Å². The Bertz CT molecular complexity index is 1290. The first-order chi connectivity index (χ1) is 18.7. The van der Waals surface area contributed by atoms with E-state index in [1.807, 2.05) is 33.8 Å². The predicted octanol–water partition coefficient (Wildman–Crippen LogP) is 4.66. The maximum atomic E-state index is 13.3. The van der Waals surface area contributed by atoms with Gasteiger partial charge in [0, 0.05) is 51.2 Å². The van der Waals surface area contributed by atoms with Gasteiger partial charge in [-0.3, -0.25) is 0 Å². The van der Waals surface area contributed by atoms with Crippen LogP contribution in [-0.4, -0.2) is 53.2 Å². The molecule has 6 rings (SSSR count). The number of hydrogen-bond donors (Lipinski definition) is 2. The summed E-state index contributed by atoms with van der Waals surface area (Å²) in [5, 5.41) is 23.7. The Morgan fingerprint density at radius 3 is 2.50 bits per heavy atom. The lowest BCUT2D eigenvalue weighted by molar-refractivity contribution is -0.263. The van der Waals surface area contributed by atoms with E-state index >= 15 is 0 Å². The topological polar surface area (TPSA) is 115 Å². The summed E-state index contributed by atoms with van der Waals surface area (Å²) >= 11 is 0. The first kappa shape index (κ1) is 27.7. The molecule has 11 atom stereocenters. The van der Waals surface area contributed by atoms with Gasteiger partial charge in [0.05, 0.1) is 37.4 Å². The largest absolute Gasteiger partial charge is 0.472 e. The molecule has 0 radical (unpaired) electrons. The number of ether oxygens (including phenoxy) is 3. The van der Waals surface area contributed by atoms with Gasteiger partial charge in [0.2, 0.25) is 0 Å². The molecule has 2 aliphatic heterocycles. The molecule has 0 unspecified atom stereocenters. The van der Waals surface area contributed by atoms with E-state index in [-0.39, 0.29) is 17.8 Å². The van der Waals surface area contributed by atoms with Crippen LogP contribution in [0, 0.1) is 33.5 Å². The SMILES string of the molecule is CC(C)=C(C)C(=O)O[C@H]1C[C@@H](O)[C@@]2(C)CO[C@H]3[C@@H](O)[C@@]4(C)C5=CC(=O)O[C@@H](c6ccoc6)[C@]5(C)CC[C@@H]4[C@]1(C)[C@H]32. The zero-order valence-corrected chi connectivity index (χ0v) is 24.5. The van der Waals surface area contributed by atoms with Crippen LogP contribution in [0.5, 0.6) is 0 Å². The van der Waals surface area contributed by atoms with Crippen LogP contribution in [0.25, 0.3) is 0 Å². The van der Waals surface area contributed by atoms with Gasteiger partial charge in [0.1, 0.15) is 12.2 Å². The quantitative estimate of drug-likeness (QED) is 0.410. The number of carbonyl (C=O) groups is 2. The highest BCUT2D eigenvalue weighted by Gasteiger charge is 2.77. The van der Waals surface area contributed by atoms with E-state index in [1.165, 1.54) is 0 Å². The summed E-state index contributed by atoms with van der Waals surface area (Å²) in [5.74, 6) is -1.22. The van der Waals surface area contributed by atoms with Crippen LogP contribution < -0.4 is 0 Å². The third kappa shape index (κ3) is 3.36. The molecule has 8 nitrogen and oxygen atoms in total. The third-order valence-corrected chi connectivity index (χ3v) is 12.0. The van der Waals surface area contributed by atoms with E-state index < -0.39 is 58.1 Å². The summed E-state index contributed by atoms with van der Waals surface area (Å²) < 4.78 is 24.0. The third-order valence-electron chi connectivity index (χ3n) is 12.0. The fourth-order valence-electron chi connectivity index (χ4n) is 9.64. The highest BCUT2D eigenvalue weighted by molar-refractivity contribution is 5.88. The molecule has 2 N–H and O–H groups in total. The summed E-state index contributed by atoms with van der Waals surface area (Å²) in [7, 11) is 0. The Morgan fingerprint density at radius 2 is 1.85 bits per heavy atom. The molecule has 0 bridgehead atoms. The van der Waals surface area contributed by atoms with E-state index in [0.29, 0.717) is 25.0 Å². The van der Waals surface area contributed by atoms with Crippen LogP contribution in [0.1, 0.15) is 79.4 Å². The normalized spacial score (nSPS) is 47.3. The molecule has 3 heterocycles. The Kier molecular flexibility index (Phi) is 6.10. The first-order valence-corrected chi connectivity index (χ1v) is 14.5. The highest BCUT2D eigenvalue weighted by Crippen LogP contribution is 2.74. The maximum absolute atomic E-state index is 13.3. The molecular formula is C32H42O8. The maximum Gasteiger partial charge on any atom is 0.333 e. The van der Waals surface area contributed by atoms with Crippen molar-refractivity contribution in [3.63, 3.8) is 0 Å². The van der Waals surface area contributed by atoms with Crippen LogP contribution in [0.3, 0.4) is 0 Å². The fourth-order valence-corrected chi connectivity index (χ4v) is 9.64. The van der Waals surface area contributed by atoms with Crippen LogP contribution >= 0.6 is 0 Å². The zero-order chi connectivity index (χ0) is 29.0. The van der Waals surface area contributed by atoms with Gasteiger partial charge in [-0.05, 0) is 51.2 Å². The summed E-state index contributed by atoms with van der Waals surface area (Å²) in [6, 6.07) is 1.82. The molecule has 8 heteroatoms. The molecule has 0 amide bonds. The standard InChI is InChI=1S/C32H42O8/c1-16(2)17(3)28(36)39-22-13-21(33)30(5)15-38-24-25(30)32(22,7)19-8-10-29(4)20(31(19,6)26(24)35)12-23(34)40-27(29)18-9-11-37-14-18/h9,11-12,14,19,21-22,24-27,33,35H,8,10,13,15H2,1-7H3/t19-,21+,22-,24+,25+,26+,27-,29+,30+,31+,32-/m0/s1. The Balaban J connectivity index is 1.51. The molecule has 3 aliphatic carbocycles. The minimum absolute atomic E-state index is 0.148. The minimum Gasteiger partial charge on any atom is -0.472 e. The lowest BCUT2D eigenvalue weighted by Gasteiger charge is -2.69. The van der Waals surface area contributed by atoms with Gasteiger partial charge >= 0.3 is 11.9 Å². The predicted molar refractivity (Wildman–Crippen MR) is 145 cm³/mol. The zero-order valence-electron chi connectivity index (χ0n) is 24.5. The Hall–Kier alpha value is -2.42. The van der Waals surface area contributed by atoms with Gasteiger partial charge in [-0.25, -0.2) is 9.59 Å². The van der Waals surface area contributed by atoms with Gasteiger partial charge in [-0.1, -0.05) is 33.3 Å². The second-order valence-electron chi connectivity index (χ2n) is 14.1. The Labute approximate surface area is 235 Å². The number of cyclic esters (lactones) is 1. The van der Waals surface area contributed by atoms with Gasteiger partial charge in [0.25, 0.3) is 0 Å². The van der Waals surface area contributed by atoms with Gasteiger partial charge in [0.15, 0.2) is 0 Å². The number of allylic oxidation sites excluding steroid dienone is 1. The van der Waals surface area contributed by atoms with Crippen molar-refractivity contribution in [3.05, 3.63) is 47.0 Å². The number of rotatable bonds is 3. The molecule has 40 heavy (non-hydrogen) atoms. The van der Waals surface area contributed by atoms with Crippen LogP contribution in [-0.2, 0) is 23.8 Å². The number of furan rings is 1. The van der Waals surface area contributed by atoms with Gasteiger partial charge < -0.3 is 28.8 Å². The highest BCUT2D eigenvalue weighted by atomic mass is 16.6. The van der Waals surface area contributed by atoms with Gasteiger partial charge in [-0.2, -0.15) is 0 Å². The molecule has 0 spiro atoms. The minimum atomic E-state index is -0.930. The lowest BCUT2D eigenvalue weighted by atomic mass is 9.36. The number of aliphatic hydroxyl groups excluding tert-OH is 2. The summed E-state index contributed by atoms with van der Waals surface area (Å²) in [4.78, 5) is 26.4. The smallest absolute Gasteiger partial charge is 0.333 e. The Morgan fingerprint density at radius 1 is 1.12 bits per heavy atom. The number of fused-ring (bicyclic) bond motifs is 4. The van der Waals surface area contributed by atoms with Crippen molar-refractivity contribution in [1.29, 1.82) is 0 Å². The molecule has 0 aromatic carbocycles. The monoisotopic (exact) mass is 554 g/mol. The van der Waals surface area contributed by atoms with Crippen molar-refractivity contribution >= 4 is 11.9 Å². The number of esters is 2. The van der Waals surface area contributed by atoms with Crippen molar-refractivity contribution < 1.29 is 38.4 Å². The number of aliphatic hydroxyl groups is 2. The lowest BCUT2D eigenvalue weighted by Crippen LogP contribution is -2.73.